The standard InChI is InChI=1S/C16H16ClNO/c1-2-11-19-14-9-7-13(8-10-14)12-18-16-6-4-3-5-15(16)17/h2-10,18H,1,11-12H2. The number of rotatable bonds is 6. The lowest BCUT2D eigenvalue weighted by molar-refractivity contribution is 0.363. The first-order valence-electron chi connectivity index (χ1n) is 6.10. The Labute approximate surface area is 118 Å². The highest BCUT2D eigenvalue weighted by molar-refractivity contribution is 6.33. The Kier molecular flexibility index (Phi) is 4.87. The average molecular weight is 274 g/mol. The van der Waals surface area contributed by atoms with Crippen LogP contribution in [0.25, 0.3) is 0 Å². The molecule has 3 heteroatoms. The van der Waals surface area contributed by atoms with Crippen molar-refractivity contribution in [3.05, 3.63) is 71.8 Å². The second-order valence-electron chi connectivity index (χ2n) is 4.08. The normalized spacial score (nSPS) is 9.95. The van der Waals surface area contributed by atoms with Gasteiger partial charge in [0.25, 0.3) is 0 Å². The largest absolute Gasteiger partial charge is 0.490 e. The van der Waals surface area contributed by atoms with Gasteiger partial charge in [0.2, 0.25) is 0 Å². The fourth-order valence-corrected chi connectivity index (χ4v) is 1.86. The van der Waals surface area contributed by atoms with Gasteiger partial charge in [-0.15, -0.1) is 0 Å². The Bertz CT molecular complexity index is 537. The first-order valence-corrected chi connectivity index (χ1v) is 6.48. The molecule has 1 N–H and O–H groups in total. The molecule has 2 rings (SSSR count). The van der Waals surface area contributed by atoms with Crippen LogP contribution in [0.1, 0.15) is 5.56 Å². The van der Waals surface area contributed by atoms with Crippen LogP contribution in [0.2, 0.25) is 5.02 Å². The van der Waals surface area contributed by atoms with Gasteiger partial charge in [0.15, 0.2) is 0 Å². The van der Waals surface area contributed by atoms with Gasteiger partial charge in [0.05, 0.1) is 10.7 Å². The molecule has 0 atom stereocenters. The molecule has 0 bridgehead atoms. The van der Waals surface area contributed by atoms with Gasteiger partial charge in [-0.1, -0.05) is 48.5 Å². The third kappa shape index (κ3) is 4.04. The molecule has 0 fully saturated rings. The van der Waals surface area contributed by atoms with Crippen molar-refractivity contribution < 1.29 is 4.74 Å². The molecule has 2 aromatic carbocycles. The molecule has 0 aliphatic carbocycles. The number of para-hydroxylation sites is 1. The Morgan fingerprint density at radius 2 is 1.84 bits per heavy atom. The van der Waals surface area contributed by atoms with E-state index in [9.17, 15) is 0 Å². The molecule has 0 heterocycles. The topological polar surface area (TPSA) is 21.3 Å². The van der Waals surface area contributed by atoms with Gasteiger partial charge in [0.1, 0.15) is 12.4 Å². The number of hydrogen-bond donors (Lipinski definition) is 1. The zero-order chi connectivity index (χ0) is 13.5. The fraction of sp³-hybridized carbons (Fsp3) is 0.125. The summed E-state index contributed by atoms with van der Waals surface area (Å²) in [6.45, 7) is 4.87. The molecule has 0 spiro atoms. The van der Waals surface area contributed by atoms with Gasteiger partial charge in [-0.3, -0.25) is 0 Å². The molecule has 0 aliphatic heterocycles. The number of halogens is 1. The van der Waals surface area contributed by atoms with Crippen molar-refractivity contribution in [2.75, 3.05) is 11.9 Å². The van der Waals surface area contributed by atoms with Crippen molar-refractivity contribution in [3.63, 3.8) is 0 Å². The number of anilines is 1. The molecule has 0 radical (unpaired) electrons. The highest BCUT2D eigenvalue weighted by Gasteiger charge is 1.99. The van der Waals surface area contributed by atoms with Gasteiger partial charge >= 0.3 is 0 Å². The zero-order valence-corrected chi connectivity index (χ0v) is 11.4. The summed E-state index contributed by atoms with van der Waals surface area (Å²) in [7, 11) is 0. The first-order chi connectivity index (χ1) is 9.29. The molecule has 0 aromatic heterocycles. The van der Waals surface area contributed by atoms with E-state index in [0.717, 1.165) is 23.0 Å². The van der Waals surface area contributed by atoms with Crippen LogP contribution in [0.5, 0.6) is 5.75 Å². The fourth-order valence-electron chi connectivity index (χ4n) is 1.66. The highest BCUT2D eigenvalue weighted by atomic mass is 35.5. The van der Waals surface area contributed by atoms with Crippen molar-refractivity contribution in [3.8, 4) is 5.75 Å². The summed E-state index contributed by atoms with van der Waals surface area (Å²) in [4.78, 5) is 0. The molecule has 0 saturated carbocycles. The van der Waals surface area contributed by atoms with Crippen LogP contribution in [0.15, 0.2) is 61.2 Å². The third-order valence-electron chi connectivity index (χ3n) is 2.65. The van der Waals surface area contributed by atoms with E-state index < -0.39 is 0 Å². The SMILES string of the molecule is C=CCOc1ccc(CNc2ccccc2Cl)cc1. The maximum atomic E-state index is 6.08. The summed E-state index contributed by atoms with van der Waals surface area (Å²) in [6, 6.07) is 15.7. The van der Waals surface area contributed by atoms with Crippen molar-refractivity contribution in [1.82, 2.24) is 0 Å². The molecular formula is C16H16ClNO. The maximum Gasteiger partial charge on any atom is 0.119 e. The number of hydrogen-bond acceptors (Lipinski definition) is 2. The van der Waals surface area contributed by atoms with Gasteiger partial charge in [-0.2, -0.15) is 0 Å². The Hall–Kier alpha value is -1.93. The van der Waals surface area contributed by atoms with Gasteiger partial charge in [0, 0.05) is 6.54 Å². The summed E-state index contributed by atoms with van der Waals surface area (Å²) in [6.07, 6.45) is 1.73. The van der Waals surface area contributed by atoms with Crippen LogP contribution in [0.4, 0.5) is 5.69 Å². The van der Waals surface area contributed by atoms with Crippen molar-refractivity contribution in [1.29, 1.82) is 0 Å². The summed E-state index contributed by atoms with van der Waals surface area (Å²) in [5, 5.41) is 4.03. The lowest BCUT2D eigenvalue weighted by Crippen LogP contribution is -2.00. The number of nitrogens with one attached hydrogen (secondary N) is 1. The molecule has 2 aromatic rings. The van der Waals surface area contributed by atoms with Crippen LogP contribution in [-0.2, 0) is 6.54 Å². The first kappa shape index (κ1) is 13.5. The van der Waals surface area contributed by atoms with Gasteiger partial charge in [-0.25, -0.2) is 0 Å². The highest BCUT2D eigenvalue weighted by Crippen LogP contribution is 2.21. The van der Waals surface area contributed by atoms with E-state index >= 15 is 0 Å². The van der Waals surface area contributed by atoms with Crippen LogP contribution in [-0.4, -0.2) is 6.61 Å². The lowest BCUT2D eigenvalue weighted by Gasteiger charge is -2.09. The van der Waals surface area contributed by atoms with E-state index in [1.165, 1.54) is 5.56 Å². The second kappa shape index (κ2) is 6.86. The summed E-state index contributed by atoms with van der Waals surface area (Å²) in [5.74, 6) is 0.849. The van der Waals surface area contributed by atoms with Crippen molar-refractivity contribution >= 4 is 17.3 Å². The van der Waals surface area contributed by atoms with E-state index in [-0.39, 0.29) is 0 Å². The molecule has 98 valence electrons. The minimum absolute atomic E-state index is 0.525. The average Bonchev–Trinajstić information content (AvgIpc) is 2.45. The molecular weight excluding hydrogens is 258 g/mol. The quantitative estimate of drug-likeness (QED) is 0.782. The predicted octanol–water partition coefficient (Wildman–Crippen LogP) is 4.52. The van der Waals surface area contributed by atoms with Crippen molar-refractivity contribution in [2.24, 2.45) is 0 Å². The van der Waals surface area contributed by atoms with Crippen molar-refractivity contribution in [2.45, 2.75) is 6.54 Å². The monoisotopic (exact) mass is 273 g/mol. The Balaban J connectivity index is 1.93. The minimum atomic E-state index is 0.525. The molecule has 0 amide bonds. The van der Waals surface area contributed by atoms with E-state index in [1.54, 1.807) is 6.08 Å². The smallest absolute Gasteiger partial charge is 0.119 e. The van der Waals surface area contributed by atoms with Gasteiger partial charge < -0.3 is 10.1 Å². The van der Waals surface area contributed by atoms with E-state index in [2.05, 4.69) is 11.9 Å². The van der Waals surface area contributed by atoms with Crippen LogP contribution in [0.3, 0.4) is 0 Å². The van der Waals surface area contributed by atoms with Crippen LogP contribution in [0, 0.1) is 0 Å². The third-order valence-corrected chi connectivity index (χ3v) is 2.98. The summed E-state index contributed by atoms with van der Waals surface area (Å²) in [5.41, 5.74) is 2.11. The summed E-state index contributed by atoms with van der Waals surface area (Å²) < 4.78 is 5.43. The predicted molar refractivity (Wildman–Crippen MR) is 80.9 cm³/mol. The molecule has 2 nitrogen and oxygen atoms in total. The lowest BCUT2D eigenvalue weighted by atomic mass is 10.2. The second-order valence-corrected chi connectivity index (χ2v) is 4.48. The molecule has 0 aliphatic rings. The van der Waals surface area contributed by atoms with Crippen LogP contribution < -0.4 is 10.1 Å². The van der Waals surface area contributed by atoms with E-state index in [0.29, 0.717) is 6.61 Å². The van der Waals surface area contributed by atoms with Gasteiger partial charge in [-0.05, 0) is 29.8 Å². The van der Waals surface area contributed by atoms with Crippen LogP contribution >= 0.6 is 11.6 Å². The number of benzene rings is 2. The molecule has 0 unspecified atom stereocenters. The zero-order valence-electron chi connectivity index (χ0n) is 10.6. The minimum Gasteiger partial charge on any atom is -0.490 e. The Morgan fingerprint density at radius 3 is 2.53 bits per heavy atom. The summed E-state index contributed by atoms with van der Waals surface area (Å²) >= 11 is 6.08. The Morgan fingerprint density at radius 1 is 1.11 bits per heavy atom. The van der Waals surface area contributed by atoms with E-state index in [1.807, 2.05) is 48.5 Å². The number of ether oxygens (including phenoxy) is 1. The molecule has 0 saturated heterocycles. The maximum absolute atomic E-state index is 6.08. The molecule has 19 heavy (non-hydrogen) atoms. The van der Waals surface area contributed by atoms with E-state index in [4.69, 9.17) is 16.3 Å².